The Morgan fingerprint density at radius 3 is 3.06 bits per heavy atom. The highest BCUT2D eigenvalue weighted by Gasteiger charge is 2.31. The van der Waals surface area contributed by atoms with Crippen molar-refractivity contribution in [3.63, 3.8) is 0 Å². The molecule has 2 atom stereocenters. The molecule has 1 saturated heterocycles. The lowest BCUT2D eigenvalue weighted by molar-refractivity contribution is -0.0372. The molecule has 2 rings (SSSR count). The van der Waals surface area contributed by atoms with Gasteiger partial charge in [0, 0.05) is 13.0 Å². The van der Waals surface area contributed by atoms with E-state index in [9.17, 15) is 4.79 Å². The number of aryl methyl sites for hydroxylation is 1. The van der Waals surface area contributed by atoms with Crippen LogP contribution in [0.1, 0.15) is 30.0 Å². The normalized spacial score (nSPS) is 24.3. The predicted octanol–water partition coefficient (Wildman–Crippen LogP) is 2.31. The van der Waals surface area contributed by atoms with Crippen molar-refractivity contribution in [2.24, 2.45) is 0 Å². The van der Waals surface area contributed by atoms with Gasteiger partial charge in [-0.2, -0.15) is 0 Å². The molecule has 0 spiro atoms. The van der Waals surface area contributed by atoms with Crippen molar-refractivity contribution in [1.82, 2.24) is 4.90 Å². The van der Waals surface area contributed by atoms with Crippen LogP contribution in [0, 0.1) is 0 Å². The highest BCUT2D eigenvalue weighted by molar-refractivity contribution is 6.18. The summed E-state index contributed by atoms with van der Waals surface area (Å²) in [7, 11) is 0. The van der Waals surface area contributed by atoms with Crippen LogP contribution in [-0.2, 0) is 11.2 Å². The first-order chi connectivity index (χ1) is 8.67. The molecule has 1 aromatic rings. The summed E-state index contributed by atoms with van der Waals surface area (Å²) in [6.07, 6.45) is 2.20. The minimum Gasteiger partial charge on any atom is -0.469 e. The number of nitrogens with zero attached hydrogens (tertiary/aromatic N) is 1. The standard InChI is InChI=1S/C13H18ClNO3/c1-3-12-11(4-5-17-12)13(16)15-7-10(6-14)18-8-9(15)2/h4-5,9-10H,3,6-8H2,1-2H3. The first kappa shape index (κ1) is 13.4. The van der Waals surface area contributed by atoms with Crippen molar-refractivity contribution < 1.29 is 13.9 Å². The molecule has 0 saturated carbocycles. The van der Waals surface area contributed by atoms with Gasteiger partial charge in [0.25, 0.3) is 5.91 Å². The molecule has 2 unspecified atom stereocenters. The van der Waals surface area contributed by atoms with Gasteiger partial charge in [0.15, 0.2) is 0 Å². The topological polar surface area (TPSA) is 42.7 Å². The van der Waals surface area contributed by atoms with Crippen LogP contribution >= 0.6 is 11.6 Å². The summed E-state index contributed by atoms with van der Waals surface area (Å²) in [6, 6.07) is 1.80. The molecule has 0 aliphatic carbocycles. The van der Waals surface area contributed by atoms with E-state index in [2.05, 4.69) is 0 Å². The number of hydrogen-bond donors (Lipinski definition) is 0. The van der Waals surface area contributed by atoms with Crippen LogP contribution in [-0.4, -0.2) is 42.0 Å². The largest absolute Gasteiger partial charge is 0.469 e. The molecule has 0 radical (unpaired) electrons. The van der Waals surface area contributed by atoms with Crippen LogP contribution < -0.4 is 0 Å². The molecule has 1 fully saturated rings. The maximum absolute atomic E-state index is 12.5. The molecule has 0 N–H and O–H groups in total. The maximum Gasteiger partial charge on any atom is 0.257 e. The van der Waals surface area contributed by atoms with Gasteiger partial charge in [-0.25, -0.2) is 0 Å². The number of carbonyl (C=O) groups is 1. The van der Waals surface area contributed by atoms with E-state index < -0.39 is 0 Å². The number of halogens is 1. The average Bonchev–Trinajstić information content (AvgIpc) is 2.86. The SMILES string of the molecule is CCc1occc1C(=O)N1CC(CCl)OCC1C. The number of furan rings is 1. The third-order valence-corrected chi connectivity index (χ3v) is 3.58. The fourth-order valence-electron chi connectivity index (χ4n) is 2.15. The Morgan fingerprint density at radius 2 is 2.39 bits per heavy atom. The van der Waals surface area contributed by atoms with E-state index in [-0.39, 0.29) is 18.1 Å². The van der Waals surface area contributed by atoms with Gasteiger partial charge in [-0.3, -0.25) is 4.79 Å². The van der Waals surface area contributed by atoms with Gasteiger partial charge in [-0.1, -0.05) is 6.92 Å². The molecule has 5 heteroatoms. The Hall–Kier alpha value is -1.00. The van der Waals surface area contributed by atoms with E-state index >= 15 is 0 Å². The molecule has 2 heterocycles. The second-order valence-electron chi connectivity index (χ2n) is 4.53. The van der Waals surface area contributed by atoms with E-state index in [0.29, 0.717) is 31.0 Å². The van der Waals surface area contributed by atoms with Gasteiger partial charge in [0.05, 0.1) is 36.5 Å². The Morgan fingerprint density at radius 1 is 1.61 bits per heavy atom. The summed E-state index contributed by atoms with van der Waals surface area (Å²) in [5.74, 6) is 1.15. The summed E-state index contributed by atoms with van der Waals surface area (Å²) in [5.41, 5.74) is 0.652. The van der Waals surface area contributed by atoms with Crippen LogP contribution in [0.5, 0.6) is 0 Å². The Labute approximate surface area is 112 Å². The first-order valence-electron chi connectivity index (χ1n) is 6.22. The van der Waals surface area contributed by atoms with Gasteiger partial charge in [0.2, 0.25) is 0 Å². The van der Waals surface area contributed by atoms with Crippen molar-refractivity contribution in [1.29, 1.82) is 0 Å². The number of morpholine rings is 1. The molecule has 1 aromatic heterocycles. The van der Waals surface area contributed by atoms with Gasteiger partial charge in [-0.05, 0) is 13.0 Å². The Balaban J connectivity index is 2.16. The molecular formula is C13H18ClNO3. The van der Waals surface area contributed by atoms with Crippen LogP contribution in [0.2, 0.25) is 0 Å². The summed E-state index contributed by atoms with van der Waals surface area (Å²) < 4.78 is 10.9. The van der Waals surface area contributed by atoms with Gasteiger partial charge >= 0.3 is 0 Å². The molecule has 4 nitrogen and oxygen atoms in total. The quantitative estimate of drug-likeness (QED) is 0.793. The van der Waals surface area contributed by atoms with E-state index in [1.807, 2.05) is 18.7 Å². The van der Waals surface area contributed by atoms with Gasteiger partial charge < -0.3 is 14.1 Å². The van der Waals surface area contributed by atoms with Crippen LogP contribution in [0.15, 0.2) is 16.7 Å². The summed E-state index contributed by atoms with van der Waals surface area (Å²) in [6.45, 7) is 5.02. The second-order valence-corrected chi connectivity index (χ2v) is 4.84. The number of amides is 1. The fraction of sp³-hybridized carbons (Fsp3) is 0.615. The molecule has 1 aliphatic heterocycles. The highest BCUT2D eigenvalue weighted by Crippen LogP contribution is 2.19. The van der Waals surface area contributed by atoms with E-state index in [1.54, 1.807) is 12.3 Å². The lowest BCUT2D eigenvalue weighted by atomic mass is 10.1. The number of hydrogen-bond acceptors (Lipinski definition) is 3. The van der Waals surface area contributed by atoms with E-state index in [1.165, 1.54) is 0 Å². The van der Waals surface area contributed by atoms with E-state index in [0.717, 1.165) is 5.76 Å². The lowest BCUT2D eigenvalue weighted by Gasteiger charge is -2.37. The van der Waals surface area contributed by atoms with Crippen molar-refractivity contribution in [2.75, 3.05) is 19.0 Å². The van der Waals surface area contributed by atoms with E-state index in [4.69, 9.17) is 20.8 Å². The molecule has 1 amide bonds. The zero-order chi connectivity index (χ0) is 13.1. The summed E-state index contributed by atoms with van der Waals surface area (Å²) >= 11 is 5.80. The number of carbonyl (C=O) groups excluding carboxylic acids is 1. The van der Waals surface area contributed by atoms with Crippen LogP contribution in [0.4, 0.5) is 0 Å². The lowest BCUT2D eigenvalue weighted by Crippen LogP contribution is -2.51. The molecule has 0 bridgehead atoms. The molecule has 100 valence electrons. The highest BCUT2D eigenvalue weighted by atomic mass is 35.5. The molecule has 1 aliphatic rings. The van der Waals surface area contributed by atoms with Crippen molar-refractivity contribution >= 4 is 17.5 Å². The number of rotatable bonds is 3. The Kier molecular flexibility index (Phi) is 4.30. The zero-order valence-electron chi connectivity index (χ0n) is 10.7. The maximum atomic E-state index is 12.5. The zero-order valence-corrected chi connectivity index (χ0v) is 11.4. The van der Waals surface area contributed by atoms with Crippen LogP contribution in [0.25, 0.3) is 0 Å². The predicted molar refractivity (Wildman–Crippen MR) is 69.0 cm³/mol. The third-order valence-electron chi connectivity index (χ3n) is 3.24. The minimum atomic E-state index is -0.0798. The average molecular weight is 272 g/mol. The third kappa shape index (κ3) is 2.54. The molecular weight excluding hydrogens is 254 g/mol. The van der Waals surface area contributed by atoms with Gasteiger partial charge in [-0.15, -0.1) is 11.6 Å². The summed E-state index contributed by atoms with van der Waals surface area (Å²) in [4.78, 5) is 14.3. The fourth-order valence-corrected chi connectivity index (χ4v) is 2.34. The van der Waals surface area contributed by atoms with Crippen molar-refractivity contribution in [3.8, 4) is 0 Å². The molecule has 18 heavy (non-hydrogen) atoms. The minimum absolute atomic E-state index is 0.00603. The first-order valence-corrected chi connectivity index (χ1v) is 6.75. The van der Waals surface area contributed by atoms with Crippen molar-refractivity contribution in [2.45, 2.75) is 32.4 Å². The van der Waals surface area contributed by atoms with Crippen molar-refractivity contribution in [3.05, 3.63) is 23.7 Å². The number of alkyl halides is 1. The Bertz CT molecular complexity index is 418. The second kappa shape index (κ2) is 5.76. The summed E-state index contributed by atoms with van der Waals surface area (Å²) in [5, 5.41) is 0. The van der Waals surface area contributed by atoms with Crippen LogP contribution in [0.3, 0.4) is 0 Å². The monoisotopic (exact) mass is 271 g/mol. The molecule has 0 aromatic carbocycles. The number of ether oxygens (including phenoxy) is 1. The van der Waals surface area contributed by atoms with Gasteiger partial charge in [0.1, 0.15) is 5.76 Å². The smallest absolute Gasteiger partial charge is 0.257 e.